The van der Waals surface area contributed by atoms with E-state index in [1.54, 1.807) is 18.2 Å². The average Bonchev–Trinajstić information content (AvgIpc) is 2.73. The third-order valence-electron chi connectivity index (χ3n) is 4.65. The van der Waals surface area contributed by atoms with Gasteiger partial charge in [0.05, 0.1) is 18.1 Å². The number of rotatable bonds is 7. The van der Waals surface area contributed by atoms with E-state index in [9.17, 15) is 13.2 Å². The quantitative estimate of drug-likeness (QED) is 0.641. The van der Waals surface area contributed by atoms with Crippen molar-refractivity contribution in [3.63, 3.8) is 0 Å². The predicted molar refractivity (Wildman–Crippen MR) is 107 cm³/mol. The van der Waals surface area contributed by atoms with Crippen LogP contribution in [0.4, 0.5) is 0 Å². The van der Waals surface area contributed by atoms with Crippen LogP contribution in [0.1, 0.15) is 16.7 Å². The van der Waals surface area contributed by atoms with Gasteiger partial charge in [0.25, 0.3) is 0 Å². The van der Waals surface area contributed by atoms with Crippen LogP contribution in [0.2, 0.25) is 0 Å². The van der Waals surface area contributed by atoms with Gasteiger partial charge in [0.15, 0.2) is 6.61 Å². The molecule has 0 N–H and O–H groups in total. The maximum atomic E-state index is 12.7. The molecule has 0 amide bonds. The van der Waals surface area contributed by atoms with E-state index in [-0.39, 0.29) is 18.1 Å². The summed E-state index contributed by atoms with van der Waals surface area (Å²) in [6, 6.07) is 12.2. The lowest BCUT2D eigenvalue weighted by Gasteiger charge is -2.26. The molecule has 0 atom stereocenters. The van der Waals surface area contributed by atoms with Crippen LogP contribution in [0.15, 0.2) is 47.4 Å². The number of esters is 1. The second-order valence-corrected chi connectivity index (χ2v) is 8.77. The Hall–Kier alpha value is -2.42. The van der Waals surface area contributed by atoms with Gasteiger partial charge in [-0.05, 0) is 42.7 Å². The summed E-state index contributed by atoms with van der Waals surface area (Å²) in [5.41, 5.74) is 2.48. The summed E-state index contributed by atoms with van der Waals surface area (Å²) in [6.45, 7) is 5.02. The van der Waals surface area contributed by atoms with E-state index < -0.39 is 16.0 Å². The lowest BCUT2D eigenvalue weighted by molar-refractivity contribution is -0.147. The summed E-state index contributed by atoms with van der Waals surface area (Å²) in [5, 5.41) is 0. The minimum atomic E-state index is -3.59. The minimum Gasteiger partial charge on any atom is -0.481 e. The minimum absolute atomic E-state index is 0.0264. The molecule has 2 aromatic carbocycles. The molecule has 0 aliphatic carbocycles. The number of hydrogen-bond donors (Lipinski definition) is 0. The van der Waals surface area contributed by atoms with Crippen molar-refractivity contribution in [2.24, 2.45) is 0 Å². The van der Waals surface area contributed by atoms with E-state index in [4.69, 9.17) is 14.2 Å². The van der Waals surface area contributed by atoms with Crippen LogP contribution in [-0.2, 0) is 30.9 Å². The molecule has 1 fully saturated rings. The highest BCUT2D eigenvalue weighted by atomic mass is 32.2. The van der Waals surface area contributed by atoms with Crippen molar-refractivity contribution in [2.45, 2.75) is 25.3 Å². The normalized spacial score (nSPS) is 15.1. The maximum Gasteiger partial charge on any atom is 0.344 e. The van der Waals surface area contributed by atoms with Gasteiger partial charge in [-0.15, -0.1) is 0 Å². The largest absolute Gasteiger partial charge is 0.481 e. The molecule has 0 aromatic heterocycles. The van der Waals surface area contributed by atoms with Crippen molar-refractivity contribution in [1.82, 2.24) is 4.31 Å². The molecule has 0 unspecified atom stereocenters. The Morgan fingerprint density at radius 3 is 2.41 bits per heavy atom. The Morgan fingerprint density at radius 2 is 1.72 bits per heavy atom. The maximum absolute atomic E-state index is 12.7. The number of morpholine rings is 1. The Kier molecular flexibility index (Phi) is 6.89. The summed E-state index contributed by atoms with van der Waals surface area (Å²) in [4.78, 5) is 12.2. The van der Waals surface area contributed by atoms with Crippen molar-refractivity contribution >= 4 is 16.0 Å². The van der Waals surface area contributed by atoms with Gasteiger partial charge in [-0.25, -0.2) is 13.2 Å². The number of carbonyl (C=O) groups is 1. The van der Waals surface area contributed by atoms with Crippen molar-refractivity contribution in [1.29, 1.82) is 0 Å². The highest BCUT2D eigenvalue weighted by molar-refractivity contribution is 7.89. The summed E-state index contributed by atoms with van der Waals surface area (Å²) in [5.74, 6) is 0.150. The fraction of sp³-hybridized carbons (Fsp3) is 0.381. The third kappa shape index (κ3) is 5.35. The van der Waals surface area contributed by atoms with E-state index in [0.717, 1.165) is 11.1 Å². The Bertz CT molecular complexity index is 947. The van der Waals surface area contributed by atoms with E-state index in [0.29, 0.717) is 37.6 Å². The van der Waals surface area contributed by atoms with Gasteiger partial charge in [0.1, 0.15) is 12.4 Å². The van der Waals surface area contributed by atoms with Crippen LogP contribution >= 0.6 is 0 Å². The first-order chi connectivity index (χ1) is 13.9. The van der Waals surface area contributed by atoms with E-state index >= 15 is 0 Å². The zero-order valence-corrected chi connectivity index (χ0v) is 17.4. The molecular formula is C21H25NO6S. The topological polar surface area (TPSA) is 82.1 Å². The van der Waals surface area contributed by atoms with Gasteiger partial charge in [-0.2, -0.15) is 4.31 Å². The molecule has 0 bridgehead atoms. The molecule has 1 aliphatic rings. The lowest BCUT2D eigenvalue weighted by atomic mass is 10.1. The third-order valence-corrected chi connectivity index (χ3v) is 6.54. The molecule has 7 nitrogen and oxygen atoms in total. The number of sulfonamides is 1. The number of aryl methyl sites for hydroxylation is 2. The van der Waals surface area contributed by atoms with Crippen LogP contribution in [0.3, 0.4) is 0 Å². The molecule has 156 valence electrons. The molecule has 1 heterocycles. The van der Waals surface area contributed by atoms with Crippen LogP contribution in [0.5, 0.6) is 5.75 Å². The van der Waals surface area contributed by atoms with Crippen LogP contribution in [0, 0.1) is 13.8 Å². The number of hydrogen-bond acceptors (Lipinski definition) is 6. The lowest BCUT2D eigenvalue weighted by Crippen LogP contribution is -2.40. The SMILES string of the molecule is Cc1cccc(C)c1OCC(=O)OCc1cccc(S(=O)(=O)N2CCOCC2)c1. The summed E-state index contributed by atoms with van der Waals surface area (Å²) < 4.78 is 42.9. The Balaban J connectivity index is 1.58. The van der Waals surface area contributed by atoms with E-state index in [2.05, 4.69) is 0 Å². The van der Waals surface area contributed by atoms with E-state index in [1.165, 1.54) is 10.4 Å². The van der Waals surface area contributed by atoms with Gasteiger partial charge in [-0.1, -0.05) is 30.3 Å². The molecule has 3 rings (SSSR count). The number of para-hydroxylation sites is 1. The van der Waals surface area contributed by atoms with Crippen molar-refractivity contribution in [2.75, 3.05) is 32.9 Å². The van der Waals surface area contributed by atoms with Crippen LogP contribution in [0.25, 0.3) is 0 Å². The first-order valence-corrected chi connectivity index (χ1v) is 10.8. The van der Waals surface area contributed by atoms with Gasteiger partial charge < -0.3 is 14.2 Å². The molecule has 8 heteroatoms. The smallest absolute Gasteiger partial charge is 0.344 e. The van der Waals surface area contributed by atoms with Crippen LogP contribution in [-0.4, -0.2) is 51.6 Å². The predicted octanol–water partition coefficient (Wildman–Crippen LogP) is 2.45. The van der Waals surface area contributed by atoms with Gasteiger partial charge >= 0.3 is 5.97 Å². The standard InChI is InChI=1S/C21H25NO6S/c1-16-5-3-6-17(2)21(16)28-15-20(23)27-14-18-7-4-8-19(13-18)29(24,25)22-9-11-26-12-10-22/h3-8,13H,9-12,14-15H2,1-2H3. The summed E-state index contributed by atoms with van der Waals surface area (Å²) in [6.07, 6.45) is 0. The van der Waals surface area contributed by atoms with Gasteiger partial charge in [0.2, 0.25) is 10.0 Å². The van der Waals surface area contributed by atoms with Crippen molar-refractivity contribution in [3.05, 3.63) is 59.2 Å². The summed E-state index contributed by atoms with van der Waals surface area (Å²) in [7, 11) is -3.59. The Morgan fingerprint density at radius 1 is 1.07 bits per heavy atom. The van der Waals surface area contributed by atoms with Gasteiger partial charge in [0, 0.05) is 13.1 Å². The monoisotopic (exact) mass is 419 g/mol. The Labute approximate surface area is 171 Å². The number of benzene rings is 2. The first kappa shape index (κ1) is 21.3. The number of carbonyl (C=O) groups excluding carboxylic acids is 1. The zero-order chi connectivity index (χ0) is 20.9. The molecule has 1 saturated heterocycles. The van der Waals surface area contributed by atoms with Crippen LogP contribution < -0.4 is 4.74 Å². The van der Waals surface area contributed by atoms with Crippen molar-refractivity contribution < 1.29 is 27.4 Å². The molecule has 29 heavy (non-hydrogen) atoms. The first-order valence-electron chi connectivity index (χ1n) is 9.39. The highest BCUT2D eigenvalue weighted by Crippen LogP contribution is 2.22. The fourth-order valence-electron chi connectivity index (χ4n) is 3.10. The van der Waals surface area contributed by atoms with Crippen molar-refractivity contribution in [3.8, 4) is 5.75 Å². The molecule has 0 saturated carbocycles. The molecule has 2 aromatic rings. The molecular weight excluding hydrogens is 394 g/mol. The fourth-order valence-corrected chi connectivity index (χ4v) is 4.57. The zero-order valence-electron chi connectivity index (χ0n) is 16.6. The molecule has 0 spiro atoms. The molecule has 1 aliphatic heterocycles. The molecule has 0 radical (unpaired) electrons. The average molecular weight is 419 g/mol. The second-order valence-electron chi connectivity index (χ2n) is 6.83. The van der Waals surface area contributed by atoms with Gasteiger partial charge in [-0.3, -0.25) is 0 Å². The number of ether oxygens (including phenoxy) is 3. The number of nitrogens with zero attached hydrogens (tertiary/aromatic N) is 1. The highest BCUT2D eigenvalue weighted by Gasteiger charge is 2.26. The summed E-state index contributed by atoms with van der Waals surface area (Å²) >= 11 is 0. The second kappa shape index (κ2) is 9.39. The van der Waals surface area contributed by atoms with E-state index in [1.807, 2.05) is 32.0 Å².